The van der Waals surface area contributed by atoms with Gasteiger partial charge in [-0.3, -0.25) is 0 Å². The molecule has 4 N–H and O–H groups in total. The number of hydrogen-bond donors (Lipinski definition) is 2. The van der Waals surface area contributed by atoms with Gasteiger partial charge in [-0.05, 0) is 0 Å². The Morgan fingerprint density at radius 3 is 2.38 bits per heavy atom. The van der Waals surface area contributed by atoms with Crippen LogP contribution in [0.3, 0.4) is 0 Å². The Morgan fingerprint density at radius 2 is 1.88 bits per heavy atom. The summed E-state index contributed by atoms with van der Waals surface area (Å²) in [5, 5.41) is 17.2. The van der Waals surface area contributed by atoms with E-state index < -0.39 is 24.6 Å². The van der Waals surface area contributed by atoms with Gasteiger partial charge in [0.15, 0.2) is 6.10 Å². The lowest BCUT2D eigenvalue weighted by Gasteiger charge is -2.07. The molecule has 0 spiro atoms. The van der Waals surface area contributed by atoms with Crippen molar-refractivity contribution in [3.63, 3.8) is 0 Å². The maximum atomic E-state index is 10.8. The molecule has 0 aliphatic rings. The molecule has 0 radical (unpaired) electrons. The lowest BCUT2D eigenvalue weighted by atomic mass is 10.4. The van der Waals surface area contributed by atoms with Crippen LogP contribution in [-0.2, 0) is 19.1 Å². The van der Waals surface area contributed by atoms with E-state index in [4.69, 9.17) is 10.2 Å². The summed E-state index contributed by atoms with van der Waals surface area (Å²) in [6, 6.07) is 0. The fraction of sp³-hybridized carbons (Fsp3) is 0.556. The first-order valence-corrected chi connectivity index (χ1v) is 4.36. The molecule has 7 heteroatoms. The molecule has 0 heterocycles. The van der Waals surface area contributed by atoms with Crippen LogP contribution in [0.25, 0.3) is 0 Å². The molecule has 0 aromatic carbocycles. The molecule has 16 heavy (non-hydrogen) atoms. The molecule has 0 aromatic heterocycles. The molecule has 1 atom stereocenters. The number of hydrogen-bond acceptors (Lipinski definition) is 6. The Hall–Kier alpha value is -1.44. The van der Waals surface area contributed by atoms with Crippen LogP contribution in [0.15, 0.2) is 12.7 Å². The minimum Gasteiger partial charge on any atom is -0.464 e. The summed E-state index contributed by atoms with van der Waals surface area (Å²) >= 11 is 0. The predicted molar refractivity (Wildman–Crippen MR) is 53.4 cm³/mol. The SMILES string of the molecule is C=CC(=O)OCCCOC(=O)C(O)CO.O. The van der Waals surface area contributed by atoms with Gasteiger partial charge in [0.1, 0.15) is 0 Å². The van der Waals surface area contributed by atoms with Crippen molar-refractivity contribution in [3.8, 4) is 0 Å². The number of ether oxygens (including phenoxy) is 2. The van der Waals surface area contributed by atoms with Crippen LogP contribution in [-0.4, -0.2) is 53.6 Å². The molecular weight excluding hydrogens is 220 g/mol. The van der Waals surface area contributed by atoms with E-state index in [0.717, 1.165) is 6.08 Å². The topological polar surface area (TPSA) is 125 Å². The maximum Gasteiger partial charge on any atom is 0.337 e. The van der Waals surface area contributed by atoms with Crippen molar-refractivity contribution in [3.05, 3.63) is 12.7 Å². The summed E-state index contributed by atoms with van der Waals surface area (Å²) in [5.74, 6) is -1.44. The molecule has 1 unspecified atom stereocenters. The molecule has 0 rings (SSSR count). The predicted octanol–water partition coefficient (Wildman–Crippen LogP) is -1.82. The second-order valence-corrected chi connectivity index (χ2v) is 2.59. The van der Waals surface area contributed by atoms with Crippen molar-refractivity contribution in [1.29, 1.82) is 0 Å². The Labute approximate surface area is 92.6 Å². The standard InChI is InChI=1S/C9H14O6.H2O/c1-2-8(12)14-4-3-5-15-9(13)7(11)6-10;/h2,7,10-11H,1,3-6H2;1H2. The molecule has 0 amide bonds. The summed E-state index contributed by atoms with van der Waals surface area (Å²) in [6.45, 7) is 2.64. The summed E-state index contributed by atoms with van der Waals surface area (Å²) in [7, 11) is 0. The monoisotopic (exact) mass is 236 g/mol. The highest BCUT2D eigenvalue weighted by atomic mass is 16.6. The van der Waals surface area contributed by atoms with Gasteiger partial charge in [-0.15, -0.1) is 0 Å². The van der Waals surface area contributed by atoms with Crippen LogP contribution in [0.4, 0.5) is 0 Å². The highest BCUT2D eigenvalue weighted by Crippen LogP contribution is 1.91. The maximum absolute atomic E-state index is 10.8. The largest absolute Gasteiger partial charge is 0.464 e. The van der Waals surface area contributed by atoms with Crippen molar-refractivity contribution in [1.82, 2.24) is 0 Å². The second kappa shape index (κ2) is 10.1. The molecule has 0 saturated carbocycles. The average molecular weight is 236 g/mol. The number of aliphatic hydroxyl groups excluding tert-OH is 2. The number of aliphatic hydroxyl groups is 2. The van der Waals surface area contributed by atoms with Crippen LogP contribution < -0.4 is 0 Å². The van der Waals surface area contributed by atoms with Gasteiger partial charge < -0.3 is 25.2 Å². The zero-order valence-electron chi connectivity index (χ0n) is 8.72. The lowest BCUT2D eigenvalue weighted by molar-refractivity contribution is -0.156. The Balaban J connectivity index is 0. The van der Waals surface area contributed by atoms with Crippen LogP contribution in [0, 0.1) is 0 Å². The van der Waals surface area contributed by atoms with E-state index in [9.17, 15) is 9.59 Å². The van der Waals surface area contributed by atoms with E-state index in [1.807, 2.05) is 0 Å². The fourth-order valence-corrected chi connectivity index (χ4v) is 0.634. The van der Waals surface area contributed by atoms with Crippen LogP contribution in [0.1, 0.15) is 6.42 Å². The zero-order valence-corrected chi connectivity index (χ0v) is 8.72. The first-order chi connectivity index (χ1) is 7.11. The number of rotatable bonds is 7. The Kier molecular flexibility index (Phi) is 10.7. The van der Waals surface area contributed by atoms with Crippen molar-refractivity contribution in [2.75, 3.05) is 19.8 Å². The molecule has 0 aliphatic carbocycles. The van der Waals surface area contributed by atoms with E-state index in [-0.39, 0.29) is 18.7 Å². The molecule has 0 bridgehead atoms. The van der Waals surface area contributed by atoms with E-state index in [1.165, 1.54) is 0 Å². The zero-order chi connectivity index (χ0) is 11.7. The molecule has 7 nitrogen and oxygen atoms in total. The van der Waals surface area contributed by atoms with Crippen LogP contribution in [0.5, 0.6) is 0 Å². The van der Waals surface area contributed by atoms with E-state index >= 15 is 0 Å². The Morgan fingerprint density at radius 1 is 1.31 bits per heavy atom. The summed E-state index contributed by atoms with van der Waals surface area (Å²) < 4.78 is 9.14. The highest BCUT2D eigenvalue weighted by Gasteiger charge is 2.14. The van der Waals surface area contributed by atoms with Crippen molar-refractivity contribution >= 4 is 11.9 Å². The third kappa shape index (κ3) is 7.92. The van der Waals surface area contributed by atoms with Crippen LogP contribution in [0.2, 0.25) is 0 Å². The highest BCUT2D eigenvalue weighted by molar-refractivity contribution is 5.81. The molecular formula is C9H16O7. The minimum absolute atomic E-state index is 0. The molecule has 0 aliphatic heterocycles. The van der Waals surface area contributed by atoms with Gasteiger partial charge in [-0.2, -0.15) is 0 Å². The Bertz CT molecular complexity index is 226. The number of carbonyl (C=O) groups is 2. The third-order valence-electron chi connectivity index (χ3n) is 1.39. The van der Waals surface area contributed by atoms with Crippen molar-refractivity contribution in [2.45, 2.75) is 12.5 Å². The van der Waals surface area contributed by atoms with Gasteiger partial charge in [0, 0.05) is 12.5 Å². The van der Waals surface area contributed by atoms with Gasteiger partial charge in [0.2, 0.25) is 0 Å². The first-order valence-electron chi connectivity index (χ1n) is 4.36. The van der Waals surface area contributed by atoms with Gasteiger partial charge in [-0.1, -0.05) is 6.58 Å². The van der Waals surface area contributed by atoms with E-state index in [0.29, 0.717) is 6.42 Å². The summed E-state index contributed by atoms with van der Waals surface area (Å²) in [5.41, 5.74) is 0. The molecule has 94 valence electrons. The van der Waals surface area contributed by atoms with Gasteiger partial charge in [0.05, 0.1) is 19.8 Å². The van der Waals surface area contributed by atoms with Crippen LogP contribution >= 0.6 is 0 Å². The van der Waals surface area contributed by atoms with Crippen molar-refractivity contribution < 1.29 is 34.8 Å². The normalized spacial score (nSPS) is 10.9. The molecule has 0 fully saturated rings. The van der Waals surface area contributed by atoms with Gasteiger partial charge in [-0.25, -0.2) is 9.59 Å². The summed E-state index contributed by atoms with van der Waals surface area (Å²) in [4.78, 5) is 21.3. The van der Waals surface area contributed by atoms with E-state index in [1.54, 1.807) is 0 Å². The van der Waals surface area contributed by atoms with E-state index in [2.05, 4.69) is 16.1 Å². The van der Waals surface area contributed by atoms with Gasteiger partial charge in [0.25, 0.3) is 0 Å². The first kappa shape index (κ1) is 17.0. The molecule has 0 aromatic rings. The fourth-order valence-electron chi connectivity index (χ4n) is 0.634. The minimum atomic E-state index is -1.51. The quantitative estimate of drug-likeness (QED) is 0.304. The molecule has 0 saturated heterocycles. The lowest BCUT2D eigenvalue weighted by Crippen LogP contribution is -2.27. The third-order valence-corrected chi connectivity index (χ3v) is 1.39. The second-order valence-electron chi connectivity index (χ2n) is 2.59. The van der Waals surface area contributed by atoms with Crippen molar-refractivity contribution in [2.24, 2.45) is 0 Å². The number of esters is 2. The smallest absolute Gasteiger partial charge is 0.337 e. The van der Waals surface area contributed by atoms with Gasteiger partial charge >= 0.3 is 11.9 Å². The number of carbonyl (C=O) groups excluding carboxylic acids is 2. The average Bonchev–Trinajstić information content (AvgIpc) is 2.26. The summed E-state index contributed by atoms with van der Waals surface area (Å²) in [6.07, 6.45) is -0.161.